The highest BCUT2D eigenvalue weighted by atomic mass is 31.1. The Morgan fingerprint density at radius 3 is 1.69 bits per heavy atom. The average Bonchev–Trinajstić information content (AvgIpc) is 3.19. The van der Waals surface area contributed by atoms with Crippen molar-refractivity contribution in [2.75, 3.05) is 0 Å². The summed E-state index contributed by atoms with van der Waals surface area (Å²) in [5.41, 5.74) is 8.25. The first-order chi connectivity index (χ1) is 15.7. The molecule has 0 heterocycles. The second kappa shape index (κ2) is 9.11. The van der Waals surface area contributed by atoms with Gasteiger partial charge in [0.2, 0.25) is 0 Å². The Morgan fingerprint density at radius 2 is 1.16 bits per heavy atom. The van der Waals surface area contributed by atoms with Crippen LogP contribution in [0.15, 0.2) is 126 Å². The fourth-order valence-electron chi connectivity index (χ4n) is 4.60. The smallest absolute Gasteiger partial charge is 0.00579 e. The second-order valence-corrected chi connectivity index (χ2v) is 10.6. The van der Waals surface area contributed by atoms with Crippen molar-refractivity contribution in [2.24, 2.45) is 0 Å². The van der Waals surface area contributed by atoms with Crippen LogP contribution in [-0.4, -0.2) is 0 Å². The Balaban J connectivity index is 1.76. The number of benzene rings is 4. The van der Waals surface area contributed by atoms with E-state index in [1.807, 2.05) is 0 Å². The van der Waals surface area contributed by atoms with Gasteiger partial charge in [0.25, 0.3) is 0 Å². The van der Waals surface area contributed by atoms with Gasteiger partial charge in [-0.25, -0.2) is 0 Å². The zero-order valence-electron chi connectivity index (χ0n) is 18.6. The van der Waals surface area contributed by atoms with Gasteiger partial charge in [0.1, 0.15) is 0 Å². The lowest BCUT2D eigenvalue weighted by molar-refractivity contribution is 1.26. The first-order valence-electron chi connectivity index (χ1n) is 11.2. The maximum Gasteiger partial charge on any atom is -0.00579 e. The Labute approximate surface area is 192 Å². The molecule has 0 aliphatic heterocycles. The summed E-state index contributed by atoms with van der Waals surface area (Å²) >= 11 is 0. The van der Waals surface area contributed by atoms with Gasteiger partial charge in [-0.05, 0) is 78.0 Å². The Kier molecular flexibility index (Phi) is 5.89. The monoisotopic (exact) mass is 430 g/mol. The molecule has 0 amide bonds. The van der Waals surface area contributed by atoms with Gasteiger partial charge in [0, 0.05) is 0 Å². The Bertz CT molecular complexity index is 1240. The molecule has 0 radical (unpaired) electrons. The first-order valence-corrected chi connectivity index (χ1v) is 12.5. The molecule has 0 fully saturated rings. The topological polar surface area (TPSA) is 0 Å². The number of hydrogen-bond donors (Lipinski definition) is 0. The van der Waals surface area contributed by atoms with Crippen LogP contribution in [0.2, 0.25) is 0 Å². The fourth-order valence-corrected chi connectivity index (χ4v) is 7.11. The van der Waals surface area contributed by atoms with E-state index < -0.39 is 7.92 Å². The van der Waals surface area contributed by atoms with Crippen LogP contribution in [0.25, 0.3) is 16.7 Å². The summed E-state index contributed by atoms with van der Waals surface area (Å²) in [5.74, 6) is 0. The third kappa shape index (κ3) is 4.12. The molecule has 5 rings (SSSR count). The van der Waals surface area contributed by atoms with Crippen LogP contribution < -0.4 is 15.9 Å². The van der Waals surface area contributed by atoms with E-state index in [9.17, 15) is 0 Å². The maximum atomic E-state index is 2.45. The van der Waals surface area contributed by atoms with Crippen molar-refractivity contribution in [2.45, 2.75) is 20.3 Å². The minimum absolute atomic E-state index is 0.680. The van der Waals surface area contributed by atoms with E-state index >= 15 is 0 Å². The molecule has 0 atom stereocenters. The van der Waals surface area contributed by atoms with Crippen molar-refractivity contribution >= 4 is 29.4 Å². The van der Waals surface area contributed by atoms with Crippen molar-refractivity contribution in [1.29, 1.82) is 0 Å². The minimum atomic E-state index is -0.680. The van der Waals surface area contributed by atoms with Gasteiger partial charge in [-0.1, -0.05) is 115 Å². The molecular formula is C31H27P. The Morgan fingerprint density at radius 1 is 0.594 bits per heavy atom. The highest BCUT2D eigenvalue weighted by Gasteiger charge is 2.24. The molecule has 0 saturated carbocycles. The van der Waals surface area contributed by atoms with E-state index in [0.29, 0.717) is 0 Å². The lowest BCUT2D eigenvalue weighted by Crippen LogP contribution is -2.23. The van der Waals surface area contributed by atoms with Crippen LogP contribution in [0.1, 0.15) is 25.8 Å². The minimum Gasteiger partial charge on any atom is -0.0686 e. The summed E-state index contributed by atoms with van der Waals surface area (Å²) in [6, 6.07) is 39.9. The van der Waals surface area contributed by atoms with E-state index in [1.54, 1.807) is 0 Å². The van der Waals surface area contributed by atoms with E-state index in [0.717, 1.165) is 6.42 Å². The summed E-state index contributed by atoms with van der Waals surface area (Å²) < 4.78 is 0. The van der Waals surface area contributed by atoms with Gasteiger partial charge in [0.15, 0.2) is 0 Å². The number of rotatable bonds is 5. The second-order valence-electron chi connectivity index (χ2n) is 8.43. The zero-order chi connectivity index (χ0) is 21.9. The molecular weight excluding hydrogens is 403 g/mol. The quantitative estimate of drug-likeness (QED) is 0.293. The maximum absolute atomic E-state index is 2.45. The standard InChI is InChI=1S/C31H27P/c1-23-20-24(2)30(21-23)29-19-18-26(25-12-6-3-7-13-25)22-31(29)32(27-14-8-4-9-15-27)28-16-10-5-11-17-28/h3-20,22H,21H2,1-2H3. The number of allylic oxidation sites excluding steroid dienone is 4. The van der Waals surface area contributed by atoms with Crippen LogP contribution in [-0.2, 0) is 0 Å². The molecule has 1 aliphatic rings. The predicted octanol–water partition coefficient (Wildman–Crippen LogP) is 7.24. The van der Waals surface area contributed by atoms with Gasteiger partial charge in [-0.15, -0.1) is 0 Å². The van der Waals surface area contributed by atoms with Crippen molar-refractivity contribution in [3.05, 3.63) is 132 Å². The van der Waals surface area contributed by atoms with Gasteiger partial charge < -0.3 is 0 Å². The van der Waals surface area contributed by atoms with Gasteiger partial charge in [-0.3, -0.25) is 0 Å². The molecule has 4 aromatic rings. The highest BCUT2D eigenvalue weighted by molar-refractivity contribution is 7.80. The zero-order valence-corrected chi connectivity index (χ0v) is 19.5. The SMILES string of the molecule is CC1=CC(C)=C(c2ccc(-c3ccccc3)cc2P(c2ccccc2)c2ccccc2)C1. The lowest BCUT2D eigenvalue weighted by Gasteiger charge is -2.24. The molecule has 0 saturated heterocycles. The van der Waals surface area contributed by atoms with Crippen LogP contribution in [0, 0.1) is 0 Å². The van der Waals surface area contributed by atoms with Gasteiger partial charge in [0.05, 0.1) is 0 Å². The van der Waals surface area contributed by atoms with E-state index in [2.05, 4.69) is 129 Å². The molecule has 0 spiro atoms. The van der Waals surface area contributed by atoms with Crippen LogP contribution in [0.4, 0.5) is 0 Å². The third-order valence-electron chi connectivity index (χ3n) is 6.09. The van der Waals surface area contributed by atoms with Crippen molar-refractivity contribution in [3.63, 3.8) is 0 Å². The summed E-state index contributed by atoms with van der Waals surface area (Å²) in [6.45, 7) is 4.50. The lowest BCUT2D eigenvalue weighted by atomic mass is 9.97. The molecule has 0 unspecified atom stereocenters. The van der Waals surface area contributed by atoms with Crippen LogP contribution in [0.3, 0.4) is 0 Å². The highest BCUT2D eigenvalue weighted by Crippen LogP contribution is 2.41. The molecule has 0 bridgehead atoms. The fraction of sp³-hybridized carbons (Fsp3) is 0.0968. The number of hydrogen-bond acceptors (Lipinski definition) is 0. The third-order valence-corrected chi connectivity index (χ3v) is 8.58. The summed E-state index contributed by atoms with van der Waals surface area (Å²) in [4.78, 5) is 0. The molecule has 0 aromatic heterocycles. The molecule has 0 nitrogen and oxygen atoms in total. The molecule has 1 heteroatoms. The molecule has 4 aromatic carbocycles. The van der Waals surface area contributed by atoms with Gasteiger partial charge in [-0.2, -0.15) is 0 Å². The van der Waals surface area contributed by atoms with Crippen molar-refractivity contribution in [1.82, 2.24) is 0 Å². The normalized spacial score (nSPS) is 13.5. The average molecular weight is 431 g/mol. The predicted molar refractivity (Wildman–Crippen MR) is 142 cm³/mol. The van der Waals surface area contributed by atoms with E-state index in [4.69, 9.17) is 0 Å². The van der Waals surface area contributed by atoms with Crippen LogP contribution in [0.5, 0.6) is 0 Å². The summed E-state index contributed by atoms with van der Waals surface area (Å²) in [7, 11) is -0.680. The first kappa shape index (κ1) is 20.7. The summed E-state index contributed by atoms with van der Waals surface area (Å²) in [5, 5.41) is 4.22. The Hall–Kier alpha value is -3.21. The van der Waals surface area contributed by atoms with E-state index in [-0.39, 0.29) is 0 Å². The van der Waals surface area contributed by atoms with Crippen molar-refractivity contribution < 1.29 is 0 Å². The van der Waals surface area contributed by atoms with Crippen molar-refractivity contribution in [3.8, 4) is 11.1 Å². The molecule has 32 heavy (non-hydrogen) atoms. The summed E-state index contributed by atoms with van der Waals surface area (Å²) in [6.07, 6.45) is 3.38. The largest absolute Gasteiger partial charge is 0.0686 e. The van der Waals surface area contributed by atoms with Crippen LogP contribution >= 0.6 is 7.92 Å². The molecule has 156 valence electrons. The van der Waals surface area contributed by atoms with Gasteiger partial charge >= 0.3 is 0 Å². The molecule has 0 N–H and O–H groups in total. The van der Waals surface area contributed by atoms with E-state index in [1.165, 1.54) is 49.3 Å². The molecule has 1 aliphatic carbocycles.